The summed E-state index contributed by atoms with van der Waals surface area (Å²) in [6, 6.07) is 0. The van der Waals surface area contributed by atoms with Crippen LogP contribution in [0.2, 0.25) is 0 Å². The van der Waals surface area contributed by atoms with Crippen LogP contribution in [-0.2, 0) is 0 Å². The SMILES string of the molecule is C#CC(C)(CCCC(C)C)C(C)CC(=C)CCCC(C)(C)S. The van der Waals surface area contributed by atoms with Gasteiger partial charge in [-0.25, -0.2) is 0 Å². The molecule has 0 aromatic heterocycles. The second-order valence-corrected chi connectivity index (χ2v) is 9.58. The topological polar surface area (TPSA) is 0 Å². The summed E-state index contributed by atoms with van der Waals surface area (Å²) in [7, 11) is 0. The molecule has 0 heterocycles. The molecule has 0 aromatic rings. The van der Waals surface area contributed by atoms with Crippen LogP contribution in [-0.4, -0.2) is 4.75 Å². The fourth-order valence-corrected chi connectivity index (χ4v) is 3.03. The molecule has 0 amide bonds. The van der Waals surface area contributed by atoms with Crippen LogP contribution in [0.1, 0.15) is 86.5 Å². The van der Waals surface area contributed by atoms with E-state index in [-0.39, 0.29) is 10.2 Å². The van der Waals surface area contributed by atoms with Crippen LogP contribution in [0, 0.1) is 29.6 Å². The van der Waals surface area contributed by atoms with Gasteiger partial charge in [0.1, 0.15) is 0 Å². The van der Waals surface area contributed by atoms with Gasteiger partial charge in [0.2, 0.25) is 0 Å². The highest BCUT2D eigenvalue weighted by molar-refractivity contribution is 7.81. The zero-order valence-electron chi connectivity index (χ0n) is 15.8. The Morgan fingerprint density at radius 1 is 1.14 bits per heavy atom. The largest absolute Gasteiger partial charge is 0.173 e. The average Bonchev–Trinajstić information content (AvgIpc) is 2.36. The first-order chi connectivity index (χ1) is 10.00. The van der Waals surface area contributed by atoms with E-state index in [9.17, 15) is 0 Å². The summed E-state index contributed by atoms with van der Waals surface area (Å²) >= 11 is 4.59. The van der Waals surface area contributed by atoms with Crippen LogP contribution in [0.25, 0.3) is 0 Å². The van der Waals surface area contributed by atoms with Gasteiger partial charge in [-0.3, -0.25) is 0 Å². The van der Waals surface area contributed by atoms with Gasteiger partial charge in [0.25, 0.3) is 0 Å². The third-order valence-electron chi connectivity index (χ3n) is 4.81. The second kappa shape index (κ2) is 9.71. The molecule has 0 aromatic carbocycles. The lowest BCUT2D eigenvalue weighted by Gasteiger charge is -2.32. The minimum atomic E-state index is 0.000642. The molecule has 0 N–H and O–H groups in total. The van der Waals surface area contributed by atoms with E-state index in [4.69, 9.17) is 6.42 Å². The zero-order valence-corrected chi connectivity index (χ0v) is 16.7. The summed E-state index contributed by atoms with van der Waals surface area (Å²) in [4.78, 5) is 0. The van der Waals surface area contributed by atoms with Crippen molar-refractivity contribution in [1.82, 2.24) is 0 Å². The Labute approximate surface area is 146 Å². The van der Waals surface area contributed by atoms with Crippen molar-refractivity contribution in [3.8, 4) is 12.3 Å². The Hall–Kier alpha value is -0.350. The van der Waals surface area contributed by atoms with E-state index in [2.05, 4.69) is 66.7 Å². The Balaban J connectivity index is 4.31. The summed E-state index contributed by atoms with van der Waals surface area (Å²) < 4.78 is 0.121. The van der Waals surface area contributed by atoms with Crippen LogP contribution in [0.5, 0.6) is 0 Å². The minimum absolute atomic E-state index is 0.000642. The van der Waals surface area contributed by atoms with Gasteiger partial charge in [-0.05, 0) is 50.9 Å². The summed E-state index contributed by atoms with van der Waals surface area (Å²) in [6.45, 7) is 17.7. The Kier molecular flexibility index (Phi) is 9.56. The smallest absolute Gasteiger partial charge is 0.0312 e. The van der Waals surface area contributed by atoms with Crippen LogP contribution in [0.15, 0.2) is 12.2 Å². The predicted molar refractivity (Wildman–Crippen MR) is 105 cm³/mol. The van der Waals surface area contributed by atoms with Crippen molar-refractivity contribution >= 4 is 12.6 Å². The van der Waals surface area contributed by atoms with Gasteiger partial charge in [-0.2, -0.15) is 12.6 Å². The van der Waals surface area contributed by atoms with Crippen molar-refractivity contribution < 1.29 is 0 Å². The van der Waals surface area contributed by atoms with E-state index >= 15 is 0 Å². The molecule has 0 radical (unpaired) electrons. The molecule has 2 unspecified atom stereocenters. The van der Waals surface area contributed by atoms with Crippen molar-refractivity contribution in [2.75, 3.05) is 0 Å². The van der Waals surface area contributed by atoms with Gasteiger partial charge in [0.05, 0.1) is 0 Å². The van der Waals surface area contributed by atoms with Crippen molar-refractivity contribution in [1.29, 1.82) is 0 Å². The molecule has 0 rings (SSSR count). The van der Waals surface area contributed by atoms with Crippen molar-refractivity contribution in [2.45, 2.75) is 91.2 Å². The third-order valence-corrected chi connectivity index (χ3v) is 5.03. The van der Waals surface area contributed by atoms with Crippen molar-refractivity contribution in [2.24, 2.45) is 17.3 Å². The molecule has 1 heteroatoms. The van der Waals surface area contributed by atoms with Crippen LogP contribution >= 0.6 is 12.6 Å². The van der Waals surface area contributed by atoms with E-state index in [1.54, 1.807) is 0 Å². The maximum absolute atomic E-state index is 5.87. The fourth-order valence-electron chi connectivity index (χ4n) is 2.87. The van der Waals surface area contributed by atoms with E-state index in [0.717, 1.165) is 31.6 Å². The van der Waals surface area contributed by atoms with Gasteiger partial charge < -0.3 is 0 Å². The van der Waals surface area contributed by atoms with E-state index in [0.29, 0.717) is 5.92 Å². The molecule has 0 saturated heterocycles. The molecule has 22 heavy (non-hydrogen) atoms. The maximum Gasteiger partial charge on any atom is 0.0312 e. The van der Waals surface area contributed by atoms with Crippen LogP contribution in [0.3, 0.4) is 0 Å². The van der Waals surface area contributed by atoms with Crippen molar-refractivity contribution in [3.05, 3.63) is 12.2 Å². The third kappa shape index (κ3) is 9.62. The summed E-state index contributed by atoms with van der Waals surface area (Å²) in [5.74, 6) is 4.35. The van der Waals surface area contributed by atoms with E-state index in [1.165, 1.54) is 24.8 Å². The number of terminal acetylenes is 1. The minimum Gasteiger partial charge on any atom is -0.173 e. The predicted octanol–water partition coefficient (Wildman–Crippen LogP) is 6.91. The van der Waals surface area contributed by atoms with Gasteiger partial charge >= 0.3 is 0 Å². The quantitative estimate of drug-likeness (QED) is 0.238. The van der Waals surface area contributed by atoms with Gasteiger partial charge in [0.15, 0.2) is 0 Å². The first-order valence-electron chi connectivity index (χ1n) is 8.87. The Morgan fingerprint density at radius 3 is 2.18 bits per heavy atom. The molecule has 0 fully saturated rings. The van der Waals surface area contributed by atoms with Crippen LogP contribution in [0.4, 0.5) is 0 Å². The first-order valence-corrected chi connectivity index (χ1v) is 9.31. The lowest BCUT2D eigenvalue weighted by Crippen LogP contribution is -2.24. The summed E-state index contributed by atoms with van der Waals surface area (Å²) in [5, 5.41) is 0. The molecule has 0 bridgehead atoms. The molecular formula is C21H38S. The van der Waals surface area contributed by atoms with Crippen molar-refractivity contribution in [3.63, 3.8) is 0 Å². The molecule has 0 aliphatic heterocycles. The number of allylic oxidation sites excluding steroid dienone is 1. The molecule has 0 saturated carbocycles. The Bertz CT molecular complexity index is 366. The van der Waals surface area contributed by atoms with Crippen LogP contribution < -0.4 is 0 Å². The molecule has 0 aliphatic carbocycles. The molecule has 0 aliphatic rings. The lowest BCUT2D eigenvalue weighted by molar-refractivity contribution is 0.253. The van der Waals surface area contributed by atoms with Gasteiger partial charge in [-0.15, -0.1) is 6.42 Å². The average molecular weight is 323 g/mol. The highest BCUT2D eigenvalue weighted by Crippen LogP contribution is 2.37. The summed E-state index contributed by atoms with van der Waals surface area (Å²) in [6.07, 6.45) is 13.9. The van der Waals surface area contributed by atoms with E-state index < -0.39 is 0 Å². The zero-order chi connectivity index (χ0) is 17.4. The highest BCUT2D eigenvalue weighted by atomic mass is 32.1. The maximum atomic E-state index is 5.87. The summed E-state index contributed by atoms with van der Waals surface area (Å²) in [5.41, 5.74) is 1.34. The number of thiol groups is 1. The molecule has 0 spiro atoms. The molecule has 128 valence electrons. The number of hydrogen-bond acceptors (Lipinski definition) is 1. The normalized spacial score (nSPS) is 16.1. The van der Waals surface area contributed by atoms with Gasteiger partial charge in [-0.1, -0.05) is 65.5 Å². The Morgan fingerprint density at radius 2 is 1.73 bits per heavy atom. The standard InChI is InChI=1S/C21H38S/c1-9-21(8,15-10-12-17(2)3)19(5)16-18(4)13-11-14-20(6,7)22/h1,17,19,22H,4,10-16H2,2-3,5-8H3. The van der Waals surface area contributed by atoms with E-state index in [1.807, 2.05) is 0 Å². The monoisotopic (exact) mass is 322 g/mol. The lowest BCUT2D eigenvalue weighted by atomic mass is 9.72. The number of hydrogen-bond donors (Lipinski definition) is 1. The molecule has 0 nitrogen and oxygen atoms in total. The fraction of sp³-hybridized carbons (Fsp3) is 0.810. The molecule has 2 atom stereocenters. The van der Waals surface area contributed by atoms with Gasteiger partial charge in [0, 0.05) is 10.2 Å². The second-order valence-electron chi connectivity index (χ2n) is 8.37. The molecular weight excluding hydrogens is 284 g/mol. The first kappa shape index (κ1) is 21.6. The highest BCUT2D eigenvalue weighted by Gasteiger charge is 2.28. The number of rotatable bonds is 11.